The Hall–Kier alpha value is -0.280. The molecule has 4 heteroatoms. The van der Waals surface area contributed by atoms with Crippen molar-refractivity contribution in [3.63, 3.8) is 0 Å². The fraction of sp³-hybridized carbons (Fsp3) is 0.500. The van der Waals surface area contributed by atoms with Gasteiger partial charge in [0.15, 0.2) is 0 Å². The van der Waals surface area contributed by atoms with Crippen molar-refractivity contribution in [1.29, 1.82) is 0 Å². The molecule has 1 aromatic carbocycles. The standard InChI is InChI=1S/C12H18Cl2N2/c1-8(9(6-15)7-16)5-10-11(13)3-2-4-12(10)14/h2-4,8-9H,5-7,15-16H2,1H3. The van der Waals surface area contributed by atoms with Crippen molar-refractivity contribution in [1.82, 2.24) is 0 Å². The summed E-state index contributed by atoms with van der Waals surface area (Å²) in [5, 5.41) is 1.43. The average Bonchev–Trinajstić information content (AvgIpc) is 2.25. The van der Waals surface area contributed by atoms with Gasteiger partial charge in [-0.15, -0.1) is 0 Å². The van der Waals surface area contributed by atoms with Crippen LogP contribution >= 0.6 is 23.2 Å². The van der Waals surface area contributed by atoms with Crippen LogP contribution in [0.2, 0.25) is 10.0 Å². The highest BCUT2D eigenvalue weighted by Gasteiger charge is 2.17. The molecule has 0 aromatic heterocycles. The maximum atomic E-state index is 6.12. The molecule has 1 unspecified atom stereocenters. The second-order valence-corrected chi connectivity index (χ2v) is 4.93. The fourth-order valence-corrected chi connectivity index (χ4v) is 2.33. The monoisotopic (exact) mass is 260 g/mol. The highest BCUT2D eigenvalue weighted by Crippen LogP contribution is 2.28. The predicted octanol–water partition coefficient (Wildman–Crippen LogP) is 2.71. The molecule has 0 spiro atoms. The molecule has 1 aromatic rings. The van der Waals surface area contributed by atoms with Crippen molar-refractivity contribution in [3.05, 3.63) is 33.8 Å². The van der Waals surface area contributed by atoms with E-state index in [0.29, 0.717) is 35.0 Å². The Morgan fingerprint density at radius 2 is 1.62 bits per heavy atom. The number of benzene rings is 1. The molecule has 1 atom stereocenters. The second-order valence-electron chi connectivity index (χ2n) is 4.11. The van der Waals surface area contributed by atoms with Gasteiger partial charge >= 0.3 is 0 Å². The van der Waals surface area contributed by atoms with Crippen LogP contribution in [0.25, 0.3) is 0 Å². The van der Waals surface area contributed by atoms with E-state index in [2.05, 4.69) is 6.92 Å². The lowest BCUT2D eigenvalue weighted by molar-refractivity contribution is 0.372. The summed E-state index contributed by atoms with van der Waals surface area (Å²) in [4.78, 5) is 0. The summed E-state index contributed by atoms with van der Waals surface area (Å²) < 4.78 is 0. The van der Waals surface area contributed by atoms with Crippen molar-refractivity contribution in [2.75, 3.05) is 13.1 Å². The van der Waals surface area contributed by atoms with Crippen molar-refractivity contribution >= 4 is 23.2 Å². The van der Waals surface area contributed by atoms with Crippen LogP contribution in [0, 0.1) is 11.8 Å². The number of halogens is 2. The van der Waals surface area contributed by atoms with E-state index in [9.17, 15) is 0 Å². The first kappa shape index (κ1) is 13.8. The molecule has 16 heavy (non-hydrogen) atoms. The second kappa shape index (κ2) is 6.45. The van der Waals surface area contributed by atoms with Crippen molar-refractivity contribution in [2.45, 2.75) is 13.3 Å². The topological polar surface area (TPSA) is 52.0 Å². The van der Waals surface area contributed by atoms with Gasteiger partial charge < -0.3 is 11.5 Å². The maximum Gasteiger partial charge on any atom is 0.0452 e. The van der Waals surface area contributed by atoms with Gasteiger partial charge in [0.2, 0.25) is 0 Å². The summed E-state index contributed by atoms with van der Waals surface area (Å²) in [6.07, 6.45) is 0.817. The Labute approximate surface area is 107 Å². The Bertz CT molecular complexity index is 318. The zero-order valence-electron chi connectivity index (χ0n) is 9.42. The normalized spacial score (nSPS) is 13.1. The number of rotatable bonds is 5. The smallest absolute Gasteiger partial charge is 0.0452 e. The number of hydrogen-bond donors (Lipinski definition) is 2. The van der Waals surface area contributed by atoms with Crippen molar-refractivity contribution < 1.29 is 0 Å². The largest absolute Gasteiger partial charge is 0.330 e. The summed E-state index contributed by atoms with van der Waals surface area (Å²) in [6.45, 7) is 3.32. The fourth-order valence-electron chi connectivity index (χ4n) is 1.78. The van der Waals surface area contributed by atoms with Crippen molar-refractivity contribution in [3.8, 4) is 0 Å². The quantitative estimate of drug-likeness (QED) is 0.856. The van der Waals surface area contributed by atoms with Crippen LogP contribution in [0.5, 0.6) is 0 Å². The molecule has 0 bridgehead atoms. The Kier molecular flexibility index (Phi) is 5.56. The molecule has 0 aliphatic rings. The van der Waals surface area contributed by atoms with E-state index < -0.39 is 0 Å². The van der Waals surface area contributed by atoms with E-state index in [1.165, 1.54) is 0 Å². The van der Waals surface area contributed by atoms with Gasteiger partial charge in [0.1, 0.15) is 0 Å². The summed E-state index contributed by atoms with van der Waals surface area (Å²) in [6, 6.07) is 5.56. The van der Waals surface area contributed by atoms with E-state index >= 15 is 0 Å². The Balaban J connectivity index is 2.80. The van der Waals surface area contributed by atoms with Gasteiger partial charge in [0, 0.05) is 10.0 Å². The highest BCUT2D eigenvalue weighted by atomic mass is 35.5. The van der Waals surface area contributed by atoms with Gasteiger partial charge in [-0.25, -0.2) is 0 Å². The lowest BCUT2D eigenvalue weighted by Crippen LogP contribution is -2.30. The molecule has 0 heterocycles. The van der Waals surface area contributed by atoms with Gasteiger partial charge in [-0.3, -0.25) is 0 Å². The predicted molar refractivity (Wildman–Crippen MR) is 70.9 cm³/mol. The van der Waals surface area contributed by atoms with Gasteiger partial charge in [0.05, 0.1) is 0 Å². The highest BCUT2D eigenvalue weighted by molar-refractivity contribution is 6.35. The molecule has 0 amide bonds. The molecule has 2 nitrogen and oxygen atoms in total. The van der Waals surface area contributed by atoms with Gasteiger partial charge in [0.25, 0.3) is 0 Å². The SMILES string of the molecule is CC(Cc1c(Cl)cccc1Cl)C(CN)CN. The van der Waals surface area contributed by atoms with Crippen LogP contribution in [-0.2, 0) is 6.42 Å². The van der Waals surface area contributed by atoms with E-state index in [4.69, 9.17) is 34.7 Å². The average molecular weight is 261 g/mol. The molecule has 0 saturated heterocycles. The summed E-state index contributed by atoms with van der Waals surface area (Å²) in [5.74, 6) is 0.694. The van der Waals surface area contributed by atoms with E-state index in [1.54, 1.807) is 0 Å². The maximum absolute atomic E-state index is 6.12. The number of hydrogen-bond acceptors (Lipinski definition) is 2. The van der Waals surface area contributed by atoms with Crippen LogP contribution in [0.1, 0.15) is 12.5 Å². The van der Waals surface area contributed by atoms with Gasteiger partial charge in [-0.1, -0.05) is 36.2 Å². The van der Waals surface area contributed by atoms with Crippen LogP contribution < -0.4 is 11.5 Å². The molecule has 90 valence electrons. The lowest BCUT2D eigenvalue weighted by atomic mass is 9.88. The first-order valence-electron chi connectivity index (χ1n) is 5.43. The molecule has 0 aliphatic carbocycles. The van der Waals surface area contributed by atoms with Crippen molar-refractivity contribution in [2.24, 2.45) is 23.3 Å². The molecule has 0 fully saturated rings. The third kappa shape index (κ3) is 3.36. The minimum atomic E-state index is 0.312. The van der Waals surface area contributed by atoms with Crippen LogP contribution in [0.4, 0.5) is 0 Å². The van der Waals surface area contributed by atoms with Crippen LogP contribution in [-0.4, -0.2) is 13.1 Å². The zero-order valence-corrected chi connectivity index (χ0v) is 10.9. The molecule has 1 rings (SSSR count). The van der Waals surface area contributed by atoms with Gasteiger partial charge in [-0.2, -0.15) is 0 Å². The molecule has 4 N–H and O–H groups in total. The minimum absolute atomic E-state index is 0.312. The first-order chi connectivity index (χ1) is 7.60. The van der Waals surface area contributed by atoms with Crippen LogP contribution in [0.15, 0.2) is 18.2 Å². The number of nitrogens with two attached hydrogens (primary N) is 2. The summed E-state index contributed by atoms with van der Waals surface area (Å²) >= 11 is 12.2. The third-order valence-electron chi connectivity index (χ3n) is 3.00. The van der Waals surface area contributed by atoms with E-state index in [1.807, 2.05) is 18.2 Å². The summed E-state index contributed by atoms with van der Waals surface area (Å²) in [7, 11) is 0. The zero-order chi connectivity index (χ0) is 12.1. The first-order valence-corrected chi connectivity index (χ1v) is 6.18. The third-order valence-corrected chi connectivity index (χ3v) is 3.71. The molecule has 0 saturated carbocycles. The molecular weight excluding hydrogens is 243 g/mol. The Morgan fingerprint density at radius 3 is 2.06 bits per heavy atom. The molecular formula is C12H18Cl2N2. The van der Waals surface area contributed by atoms with E-state index in [-0.39, 0.29) is 0 Å². The minimum Gasteiger partial charge on any atom is -0.330 e. The van der Waals surface area contributed by atoms with Crippen LogP contribution in [0.3, 0.4) is 0 Å². The molecule has 0 radical (unpaired) electrons. The summed E-state index contributed by atoms with van der Waals surface area (Å²) in [5.41, 5.74) is 12.3. The van der Waals surface area contributed by atoms with Gasteiger partial charge in [-0.05, 0) is 49.0 Å². The Morgan fingerprint density at radius 1 is 1.12 bits per heavy atom. The molecule has 0 aliphatic heterocycles. The lowest BCUT2D eigenvalue weighted by Gasteiger charge is -2.21. The van der Waals surface area contributed by atoms with E-state index in [0.717, 1.165) is 12.0 Å².